The van der Waals surface area contributed by atoms with Crippen molar-refractivity contribution in [2.75, 3.05) is 5.73 Å². The van der Waals surface area contributed by atoms with Crippen LogP contribution in [0.2, 0.25) is 0 Å². The smallest absolute Gasteiger partial charge is 0.0794 e. The van der Waals surface area contributed by atoms with E-state index in [1.165, 1.54) is 10.4 Å². The third kappa shape index (κ3) is 1.87. The van der Waals surface area contributed by atoms with Gasteiger partial charge in [-0.2, -0.15) is 0 Å². The number of thiazole rings is 1. The molecule has 1 aromatic heterocycles. The van der Waals surface area contributed by atoms with E-state index < -0.39 is 0 Å². The average Bonchev–Trinajstić information content (AvgIpc) is 2.61. The predicted octanol–water partition coefficient (Wildman–Crippen LogP) is 2.32. The second kappa shape index (κ2) is 3.58. The molecule has 2 N–H and O–H groups in total. The summed E-state index contributed by atoms with van der Waals surface area (Å²) in [4.78, 5) is 5.27. The van der Waals surface area contributed by atoms with Crippen LogP contribution in [0.5, 0.6) is 0 Å². The van der Waals surface area contributed by atoms with Crippen LogP contribution in [0, 0.1) is 0 Å². The van der Waals surface area contributed by atoms with Crippen molar-refractivity contribution in [2.45, 2.75) is 6.42 Å². The fraction of sp³-hybridized carbons (Fsp3) is 0.100. The van der Waals surface area contributed by atoms with Gasteiger partial charge in [0.25, 0.3) is 0 Å². The van der Waals surface area contributed by atoms with Crippen molar-refractivity contribution in [3.63, 3.8) is 0 Å². The average molecular weight is 190 g/mol. The van der Waals surface area contributed by atoms with Crippen LogP contribution in [0.1, 0.15) is 10.4 Å². The molecule has 0 aliphatic rings. The highest BCUT2D eigenvalue weighted by atomic mass is 32.1. The van der Waals surface area contributed by atoms with E-state index >= 15 is 0 Å². The van der Waals surface area contributed by atoms with Crippen LogP contribution in [0.4, 0.5) is 5.69 Å². The van der Waals surface area contributed by atoms with Crippen molar-refractivity contribution in [2.24, 2.45) is 0 Å². The highest BCUT2D eigenvalue weighted by Gasteiger charge is 2.00. The first kappa shape index (κ1) is 8.26. The van der Waals surface area contributed by atoms with Crippen LogP contribution in [-0.4, -0.2) is 4.98 Å². The molecule has 0 saturated heterocycles. The van der Waals surface area contributed by atoms with Gasteiger partial charge in [0, 0.05) is 23.2 Å². The van der Waals surface area contributed by atoms with E-state index in [2.05, 4.69) is 11.1 Å². The number of nitrogens with two attached hydrogens (primary N) is 1. The molecule has 0 atom stereocenters. The highest BCUT2D eigenvalue weighted by molar-refractivity contribution is 7.09. The number of hydrogen-bond donors (Lipinski definition) is 1. The number of nitrogens with zero attached hydrogens (tertiary/aromatic N) is 1. The molecule has 2 nitrogen and oxygen atoms in total. The summed E-state index contributed by atoms with van der Waals surface area (Å²) in [6.07, 6.45) is 2.77. The van der Waals surface area contributed by atoms with Crippen LogP contribution in [0.3, 0.4) is 0 Å². The van der Waals surface area contributed by atoms with E-state index in [-0.39, 0.29) is 0 Å². The zero-order valence-electron chi connectivity index (χ0n) is 7.10. The topological polar surface area (TPSA) is 38.9 Å². The molecule has 0 unspecified atom stereocenters. The third-order valence-corrected chi connectivity index (χ3v) is 2.68. The van der Waals surface area contributed by atoms with Crippen LogP contribution in [0.15, 0.2) is 36.0 Å². The SMILES string of the molecule is Nc1ccccc1Cc1cncs1. The lowest BCUT2D eigenvalue weighted by Crippen LogP contribution is -1.93. The Morgan fingerprint density at radius 1 is 1.31 bits per heavy atom. The summed E-state index contributed by atoms with van der Waals surface area (Å²) in [5, 5.41) is 0. The van der Waals surface area contributed by atoms with Gasteiger partial charge in [-0.15, -0.1) is 11.3 Å². The van der Waals surface area contributed by atoms with E-state index in [1.807, 2.05) is 29.9 Å². The summed E-state index contributed by atoms with van der Waals surface area (Å²) >= 11 is 1.66. The van der Waals surface area contributed by atoms with Crippen LogP contribution in [0.25, 0.3) is 0 Å². The van der Waals surface area contributed by atoms with Crippen LogP contribution >= 0.6 is 11.3 Å². The van der Waals surface area contributed by atoms with Gasteiger partial charge in [0.05, 0.1) is 5.51 Å². The van der Waals surface area contributed by atoms with Crippen LogP contribution < -0.4 is 5.73 Å². The maximum atomic E-state index is 5.82. The number of benzene rings is 1. The molecule has 2 aromatic rings. The van der Waals surface area contributed by atoms with Gasteiger partial charge >= 0.3 is 0 Å². The van der Waals surface area contributed by atoms with Gasteiger partial charge in [-0.25, -0.2) is 0 Å². The number of rotatable bonds is 2. The molecule has 0 spiro atoms. The molecule has 1 heterocycles. The Kier molecular flexibility index (Phi) is 2.27. The highest BCUT2D eigenvalue weighted by Crippen LogP contribution is 2.17. The molecular formula is C10H10N2S. The molecule has 13 heavy (non-hydrogen) atoms. The summed E-state index contributed by atoms with van der Waals surface area (Å²) < 4.78 is 0. The minimum Gasteiger partial charge on any atom is -0.398 e. The van der Waals surface area contributed by atoms with E-state index in [1.54, 1.807) is 11.3 Å². The first-order valence-corrected chi connectivity index (χ1v) is 4.95. The van der Waals surface area contributed by atoms with Crippen molar-refractivity contribution in [3.8, 4) is 0 Å². The molecule has 0 saturated carbocycles. The summed E-state index contributed by atoms with van der Waals surface area (Å²) in [5.41, 5.74) is 9.69. The zero-order valence-corrected chi connectivity index (χ0v) is 7.92. The Labute approximate surface area is 81.1 Å². The quantitative estimate of drug-likeness (QED) is 0.738. The first-order valence-electron chi connectivity index (χ1n) is 4.07. The van der Waals surface area contributed by atoms with Gasteiger partial charge in [-0.3, -0.25) is 4.98 Å². The monoisotopic (exact) mass is 190 g/mol. The van der Waals surface area contributed by atoms with Crippen molar-refractivity contribution >= 4 is 17.0 Å². The third-order valence-electron chi connectivity index (χ3n) is 1.90. The van der Waals surface area contributed by atoms with E-state index in [9.17, 15) is 0 Å². The van der Waals surface area contributed by atoms with Crippen LogP contribution in [-0.2, 0) is 6.42 Å². The summed E-state index contributed by atoms with van der Waals surface area (Å²) in [7, 11) is 0. The maximum absolute atomic E-state index is 5.82. The lowest BCUT2D eigenvalue weighted by atomic mass is 10.1. The molecule has 1 aromatic carbocycles. The first-order chi connectivity index (χ1) is 6.36. The van der Waals surface area contributed by atoms with E-state index in [4.69, 9.17) is 5.73 Å². The van der Waals surface area contributed by atoms with Gasteiger partial charge in [0.15, 0.2) is 0 Å². The lowest BCUT2D eigenvalue weighted by molar-refractivity contribution is 1.22. The largest absolute Gasteiger partial charge is 0.398 e. The van der Waals surface area contributed by atoms with Crippen molar-refractivity contribution < 1.29 is 0 Å². The minimum absolute atomic E-state index is 0.857. The number of aromatic nitrogens is 1. The van der Waals surface area contributed by atoms with Gasteiger partial charge in [0.1, 0.15) is 0 Å². The van der Waals surface area contributed by atoms with E-state index in [0.29, 0.717) is 0 Å². The van der Waals surface area contributed by atoms with Crippen molar-refractivity contribution in [3.05, 3.63) is 46.4 Å². The van der Waals surface area contributed by atoms with Gasteiger partial charge < -0.3 is 5.73 Å². The molecule has 0 radical (unpaired) electrons. The molecule has 0 aliphatic heterocycles. The van der Waals surface area contributed by atoms with Crippen molar-refractivity contribution in [1.82, 2.24) is 4.98 Å². The Morgan fingerprint density at radius 3 is 2.85 bits per heavy atom. The second-order valence-electron chi connectivity index (χ2n) is 2.84. The van der Waals surface area contributed by atoms with Gasteiger partial charge in [-0.05, 0) is 11.6 Å². The number of hydrogen-bond acceptors (Lipinski definition) is 3. The minimum atomic E-state index is 0.857. The van der Waals surface area contributed by atoms with E-state index in [0.717, 1.165) is 12.1 Å². The Bertz CT molecular complexity index is 382. The Morgan fingerprint density at radius 2 is 2.15 bits per heavy atom. The van der Waals surface area contributed by atoms with Crippen molar-refractivity contribution in [1.29, 1.82) is 0 Å². The number of anilines is 1. The molecule has 66 valence electrons. The fourth-order valence-corrected chi connectivity index (χ4v) is 1.83. The molecule has 0 aliphatic carbocycles. The Balaban J connectivity index is 2.24. The van der Waals surface area contributed by atoms with Gasteiger partial charge in [0.2, 0.25) is 0 Å². The Hall–Kier alpha value is -1.35. The lowest BCUT2D eigenvalue weighted by Gasteiger charge is -2.01. The number of nitrogen functional groups attached to an aromatic ring is 1. The molecule has 0 fully saturated rings. The zero-order chi connectivity index (χ0) is 9.10. The molecule has 3 heteroatoms. The summed E-state index contributed by atoms with van der Waals surface area (Å²) in [5.74, 6) is 0. The fourth-order valence-electron chi connectivity index (χ4n) is 1.21. The normalized spacial score (nSPS) is 10.2. The number of para-hydroxylation sites is 1. The molecule has 0 bridgehead atoms. The predicted molar refractivity (Wildman–Crippen MR) is 55.8 cm³/mol. The molecular weight excluding hydrogens is 180 g/mol. The second-order valence-corrected chi connectivity index (χ2v) is 3.81. The molecule has 2 rings (SSSR count). The van der Waals surface area contributed by atoms with Gasteiger partial charge in [-0.1, -0.05) is 18.2 Å². The summed E-state index contributed by atoms with van der Waals surface area (Å²) in [6, 6.07) is 7.93. The maximum Gasteiger partial charge on any atom is 0.0794 e. The standard InChI is InChI=1S/C10H10N2S/c11-10-4-2-1-3-8(10)5-9-6-12-7-13-9/h1-4,6-7H,5,11H2. The summed E-state index contributed by atoms with van der Waals surface area (Å²) in [6.45, 7) is 0. The molecule has 0 amide bonds.